The summed E-state index contributed by atoms with van der Waals surface area (Å²) in [6.45, 7) is 0. The Bertz CT molecular complexity index is 1100. The van der Waals surface area contributed by atoms with Gasteiger partial charge in [-0.05, 0) is 54.6 Å². The van der Waals surface area contributed by atoms with Crippen LogP contribution in [-0.2, 0) is 10.0 Å². The van der Waals surface area contributed by atoms with E-state index in [1.54, 1.807) is 42.5 Å². The van der Waals surface area contributed by atoms with Gasteiger partial charge in [0.1, 0.15) is 0 Å². The highest BCUT2D eigenvalue weighted by Gasteiger charge is 2.29. The highest BCUT2D eigenvalue weighted by Crippen LogP contribution is 2.28. The van der Waals surface area contributed by atoms with Crippen molar-refractivity contribution < 1.29 is 23.2 Å². The molecule has 1 N–H and O–H groups in total. The number of rotatable bonds is 6. The number of hydrogen-bond donors (Lipinski definition) is 1. The first-order valence-corrected chi connectivity index (χ1v) is 10.1. The van der Waals surface area contributed by atoms with Crippen LogP contribution in [0.5, 0.6) is 5.75 Å². The van der Waals surface area contributed by atoms with E-state index in [1.807, 2.05) is 0 Å². The second kappa shape index (κ2) is 8.10. The van der Waals surface area contributed by atoms with Crippen LogP contribution in [0.25, 0.3) is 0 Å². The van der Waals surface area contributed by atoms with Crippen molar-refractivity contribution in [2.24, 2.45) is 0 Å². The molecule has 0 aliphatic carbocycles. The Labute approximate surface area is 171 Å². The number of carboxylic acid groups (broad SMARTS) is 1. The van der Waals surface area contributed by atoms with Crippen molar-refractivity contribution in [2.75, 3.05) is 4.47 Å². The third kappa shape index (κ3) is 4.22. The average Bonchev–Trinajstić information content (AvgIpc) is 2.68. The van der Waals surface area contributed by atoms with Gasteiger partial charge in [-0.15, -0.1) is 0 Å². The van der Waals surface area contributed by atoms with Crippen LogP contribution in [0.3, 0.4) is 0 Å². The van der Waals surface area contributed by atoms with Gasteiger partial charge in [-0.2, -0.15) is 8.42 Å². The van der Waals surface area contributed by atoms with Gasteiger partial charge in [0.05, 0.1) is 21.2 Å². The smallest absolute Gasteiger partial charge is 0.337 e. The number of carbonyl (C=O) groups is 1. The Kier molecular flexibility index (Phi) is 5.79. The maximum Gasteiger partial charge on any atom is 0.337 e. The van der Waals surface area contributed by atoms with Crippen LogP contribution in [0, 0.1) is 0 Å². The van der Waals surface area contributed by atoms with E-state index in [-0.39, 0.29) is 26.9 Å². The fourth-order valence-electron chi connectivity index (χ4n) is 2.31. The van der Waals surface area contributed by atoms with Crippen molar-refractivity contribution in [1.82, 2.24) is 0 Å². The number of nitrogens with zero attached hydrogens (tertiary/aromatic N) is 1. The predicted molar refractivity (Wildman–Crippen MR) is 107 cm³/mol. The molecule has 0 aromatic heterocycles. The minimum absolute atomic E-state index is 0.0728. The molecule has 0 heterocycles. The van der Waals surface area contributed by atoms with E-state index in [1.165, 1.54) is 24.3 Å². The summed E-state index contributed by atoms with van der Waals surface area (Å²) in [7, 11) is -4.28. The van der Waals surface area contributed by atoms with E-state index in [4.69, 9.17) is 28.0 Å². The molecular formula is C19H13Cl2NO5S. The van der Waals surface area contributed by atoms with E-state index in [9.17, 15) is 18.3 Å². The van der Waals surface area contributed by atoms with Crippen molar-refractivity contribution >= 4 is 44.9 Å². The van der Waals surface area contributed by atoms with Crippen molar-refractivity contribution in [2.45, 2.75) is 4.90 Å². The number of halogens is 2. The summed E-state index contributed by atoms with van der Waals surface area (Å²) in [5, 5.41) is 9.63. The molecule has 9 heteroatoms. The van der Waals surface area contributed by atoms with E-state index in [2.05, 4.69) is 0 Å². The molecule has 0 amide bonds. The van der Waals surface area contributed by atoms with Crippen molar-refractivity contribution in [1.29, 1.82) is 0 Å². The molecule has 0 atom stereocenters. The molecular weight excluding hydrogens is 425 g/mol. The number of hydrogen-bond acceptors (Lipinski definition) is 4. The van der Waals surface area contributed by atoms with Crippen LogP contribution in [0.15, 0.2) is 77.7 Å². The van der Waals surface area contributed by atoms with Gasteiger partial charge in [0.2, 0.25) is 0 Å². The van der Waals surface area contributed by atoms with Gasteiger partial charge in [-0.1, -0.05) is 45.9 Å². The summed E-state index contributed by atoms with van der Waals surface area (Å²) in [5.41, 5.74) is -0.105. The lowest BCUT2D eigenvalue weighted by molar-refractivity contribution is 0.0697. The number of carboxylic acids is 1. The Morgan fingerprint density at radius 2 is 1.57 bits per heavy atom. The van der Waals surface area contributed by atoms with Crippen LogP contribution >= 0.6 is 23.2 Å². The number of sulfonamides is 1. The Morgan fingerprint density at radius 3 is 2.18 bits per heavy atom. The summed E-state index contributed by atoms with van der Waals surface area (Å²) in [4.78, 5) is 16.7. The lowest BCUT2D eigenvalue weighted by Gasteiger charge is -2.24. The fraction of sp³-hybridized carbons (Fsp3) is 0. The maximum atomic E-state index is 13.2. The van der Waals surface area contributed by atoms with Crippen molar-refractivity contribution in [3.05, 3.63) is 88.4 Å². The van der Waals surface area contributed by atoms with Gasteiger partial charge < -0.3 is 9.94 Å². The minimum Gasteiger partial charge on any atom is -0.478 e. The zero-order chi connectivity index (χ0) is 20.3. The molecule has 3 aromatic carbocycles. The minimum atomic E-state index is -4.28. The largest absolute Gasteiger partial charge is 0.478 e. The molecule has 3 aromatic rings. The molecule has 0 aliphatic heterocycles. The number of aromatic carboxylic acids is 1. The summed E-state index contributed by atoms with van der Waals surface area (Å²) in [6, 6.07) is 17.6. The normalized spacial score (nSPS) is 11.1. The van der Waals surface area contributed by atoms with Crippen LogP contribution < -0.4 is 9.31 Å². The Balaban J connectivity index is 2.10. The third-order valence-electron chi connectivity index (χ3n) is 3.65. The zero-order valence-corrected chi connectivity index (χ0v) is 16.4. The maximum absolute atomic E-state index is 13.2. The van der Waals surface area contributed by atoms with E-state index >= 15 is 0 Å². The van der Waals surface area contributed by atoms with Crippen LogP contribution in [0.4, 0.5) is 5.69 Å². The summed E-state index contributed by atoms with van der Waals surface area (Å²) >= 11 is 11.7. The summed E-state index contributed by atoms with van der Waals surface area (Å²) in [5.74, 6) is -1.11. The van der Waals surface area contributed by atoms with Gasteiger partial charge in [0.25, 0.3) is 10.0 Å². The second-order valence-electron chi connectivity index (χ2n) is 5.56. The average molecular weight is 438 g/mol. The zero-order valence-electron chi connectivity index (χ0n) is 14.1. The summed E-state index contributed by atoms with van der Waals surface area (Å²) < 4.78 is 27.2. The molecule has 6 nitrogen and oxygen atoms in total. The van der Waals surface area contributed by atoms with Gasteiger partial charge >= 0.3 is 5.97 Å². The van der Waals surface area contributed by atoms with Crippen LogP contribution in [-0.4, -0.2) is 19.5 Å². The van der Waals surface area contributed by atoms with Crippen LogP contribution in [0.1, 0.15) is 10.4 Å². The van der Waals surface area contributed by atoms with E-state index in [0.717, 1.165) is 6.07 Å². The fourth-order valence-corrected chi connectivity index (χ4v) is 3.91. The molecule has 3 rings (SSSR count). The van der Waals surface area contributed by atoms with Crippen molar-refractivity contribution in [3.8, 4) is 5.75 Å². The molecule has 0 aliphatic rings. The topological polar surface area (TPSA) is 83.9 Å². The first-order valence-electron chi connectivity index (χ1n) is 7.86. The van der Waals surface area contributed by atoms with Crippen molar-refractivity contribution in [3.63, 3.8) is 0 Å². The molecule has 0 saturated carbocycles. The van der Waals surface area contributed by atoms with Gasteiger partial charge in [-0.25, -0.2) is 4.79 Å². The highest BCUT2D eigenvalue weighted by atomic mass is 35.5. The van der Waals surface area contributed by atoms with Gasteiger partial charge in [-0.3, -0.25) is 0 Å². The Morgan fingerprint density at radius 1 is 0.929 bits per heavy atom. The van der Waals surface area contributed by atoms with Gasteiger partial charge in [0.15, 0.2) is 5.75 Å². The Hall–Kier alpha value is -2.74. The molecule has 28 heavy (non-hydrogen) atoms. The number of para-hydroxylation sites is 1. The van der Waals surface area contributed by atoms with E-state index < -0.39 is 16.0 Å². The molecule has 0 saturated heterocycles. The first-order chi connectivity index (χ1) is 13.3. The predicted octanol–water partition coefficient (Wildman–Crippen LogP) is 4.88. The molecule has 0 unspecified atom stereocenters. The quantitative estimate of drug-likeness (QED) is 0.555. The molecule has 0 fully saturated rings. The highest BCUT2D eigenvalue weighted by molar-refractivity contribution is 7.92. The van der Waals surface area contributed by atoms with Gasteiger partial charge in [0, 0.05) is 5.02 Å². The monoisotopic (exact) mass is 437 g/mol. The first kappa shape index (κ1) is 20.0. The molecule has 0 radical (unpaired) electrons. The third-order valence-corrected chi connectivity index (χ3v) is 5.81. The SMILES string of the molecule is O=C(O)c1cc(S(=O)(=O)N(Oc2ccc(Cl)cc2)c2ccccc2)ccc1Cl. The number of benzene rings is 3. The second-order valence-corrected chi connectivity index (χ2v) is 8.16. The van der Waals surface area contributed by atoms with E-state index in [0.29, 0.717) is 9.49 Å². The molecule has 0 spiro atoms. The van der Waals surface area contributed by atoms with Crippen LogP contribution in [0.2, 0.25) is 10.0 Å². The standard InChI is InChI=1S/C19H13Cl2NO5S/c20-13-6-8-15(9-7-13)27-22(14-4-2-1-3-5-14)28(25,26)16-10-11-18(21)17(12-16)19(23)24/h1-12H,(H,23,24). The molecule has 0 bridgehead atoms. The lowest BCUT2D eigenvalue weighted by Crippen LogP contribution is -2.34. The summed E-state index contributed by atoms with van der Waals surface area (Å²) in [6.07, 6.45) is 0. The number of anilines is 1. The lowest BCUT2D eigenvalue weighted by atomic mass is 10.2. The molecule has 144 valence electrons.